The van der Waals surface area contributed by atoms with Crippen molar-refractivity contribution in [2.24, 2.45) is 22.9 Å². The Kier molecular flexibility index (Phi) is 12.0. The van der Waals surface area contributed by atoms with Crippen LogP contribution in [0.2, 0.25) is 5.02 Å². The highest BCUT2D eigenvalue weighted by Crippen LogP contribution is 2.39. The summed E-state index contributed by atoms with van der Waals surface area (Å²) < 4.78 is 33.6. The molecule has 17 heteroatoms. The Morgan fingerprint density at radius 2 is 1.51 bits per heavy atom. The lowest BCUT2D eigenvalue weighted by Crippen LogP contribution is -2.60. The highest BCUT2D eigenvalue weighted by molar-refractivity contribution is 7.15. The zero-order chi connectivity index (χ0) is 32.5. The van der Waals surface area contributed by atoms with Crippen LogP contribution in [0.5, 0.6) is 0 Å². The van der Waals surface area contributed by atoms with Crippen molar-refractivity contribution in [3.05, 3.63) is 63.9 Å². The average Bonchev–Trinajstić information content (AvgIpc) is 3.75. The zero-order valence-electron chi connectivity index (χ0n) is 23.8. The summed E-state index contributed by atoms with van der Waals surface area (Å²) >= 11 is 7.98. The van der Waals surface area contributed by atoms with E-state index in [1.54, 1.807) is 36.7 Å². The smallest absolute Gasteiger partial charge is 0.320 e. The molecule has 2 aromatic heterocycles. The predicted molar refractivity (Wildman–Crippen MR) is 159 cm³/mol. The highest BCUT2D eigenvalue weighted by atomic mass is 35.5. The number of carbonyl (C=O) groups is 4. The van der Waals surface area contributed by atoms with Gasteiger partial charge in [0.1, 0.15) is 24.6 Å². The van der Waals surface area contributed by atoms with Crippen LogP contribution in [0.25, 0.3) is 10.6 Å². The van der Waals surface area contributed by atoms with Crippen molar-refractivity contribution < 1.29 is 47.3 Å². The van der Waals surface area contributed by atoms with Gasteiger partial charge in [-0.1, -0.05) is 23.7 Å². The first-order valence-corrected chi connectivity index (χ1v) is 14.8. The number of thiazole rings is 1. The molecule has 5 atom stereocenters. The molecule has 242 valence electrons. The van der Waals surface area contributed by atoms with Crippen LogP contribution in [-0.4, -0.2) is 86.1 Å². The highest BCUT2D eigenvalue weighted by Gasteiger charge is 2.53. The molecule has 3 heterocycles. The van der Waals surface area contributed by atoms with E-state index in [4.69, 9.17) is 62.6 Å². The lowest BCUT2D eigenvalue weighted by atomic mass is 9.89. The van der Waals surface area contributed by atoms with Gasteiger partial charge in [0.15, 0.2) is 18.3 Å². The first-order chi connectivity index (χ1) is 21.7. The maximum Gasteiger partial charge on any atom is 0.320 e. The molecule has 0 unspecified atom stereocenters. The minimum atomic E-state index is -1.48. The second kappa shape index (κ2) is 15.9. The van der Waals surface area contributed by atoms with Crippen LogP contribution in [0.4, 0.5) is 0 Å². The predicted octanol–water partition coefficient (Wildman–Crippen LogP) is 0.201. The molecule has 0 bridgehead atoms. The van der Waals surface area contributed by atoms with Crippen LogP contribution in [0.15, 0.2) is 47.2 Å². The van der Waals surface area contributed by atoms with Gasteiger partial charge in [-0.05, 0) is 29.3 Å². The van der Waals surface area contributed by atoms with Gasteiger partial charge in [0.25, 0.3) is 0 Å². The van der Waals surface area contributed by atoms with E-state index in [0.717, 1.165) is 9.88 Å². The summed E-state index contributed by atoms with van der Waals surface area (Å²) in [6.07, 6.45) is -3.18. The van der Waals surface area contributed by atoms with Gasteiger partial charge in [-0.25, -0.2) is 4.98 Å². The quantitative estimate of drug-likeness (QED) is 0.141. The van der Waals surface area contributed by atoms with Crippen LogP contribution >= 0.6 is 22.9 Å². The van der Waals surface area contributed by atoms with Crippen LogP contribution < -0.4 is 22.9 Å². The molecule has 4 rings (SSSR count). The monoisotopic (exact) mass is 665 g/mol. The van der Waals surface area contributed by atoms with Gasteiger partial charge in [0, 0.05) is 17.6 Å². The van der Waals surface area contributed by atoms with Crippen LogP contribution in [0, 0.1) is 0 Å². The third kappa shape index (κ3) is 8.64. The molecule has 45 heavy (non-hydrogen) atoms. The number of esters is 4. The van der Waals surface area contributed by atoms with E-state index in [9.17, 15) is 19.2 Å². The maximum atomic E-state index is 12.5. The lowest BCUT2D eigenvalue weighted by molar-refractivity contribution is -0.255. The summed E-state index contributed by atoms with van der Waals surface area (Å²) in [6.45, 7) is -2.54. The Hall–Kier alpha value is -3.90. The number of carbonyl (C=O) groups excluding carboxylic acids is 4. The van der Waals surface area contributed by atoms with E-state index in [-0.39, 0.29) is 0 Å². The number of hydrogen-bond acceptors (Lipinski definition) is 16. The van der Waals surface area contributed by atoms with E-state index >= 15 is 0 Å². The van der Waals surface area contributed by atoms with Gasteiger partial charge in [0.05, 0.1) is 42.3 Å². The molecule has 0 aliphatic carbocycles. The lowest BCUT2D eigenvalue weighted by Gasteiger charge is -2.45. The van der Waals surface area contributed by atoms with Crippen molar-refractivity contribution in [2.45, 2.75) is 36.9 Å². The normalized spacial score (nSPS) is 21.1. The number of rotatable bonds is 13. The van der Waals surface area contributed by atoms with Crippen molar-refractivity contribution in [1.82, 2.24) is 4.98 Å². The molecule has 1 aromatic carbocycles. The number of nitrogens with two attached hydrogens (primary N) is 4. The Morgan fingerprint density at radius 3 is 2.13 bits per heavy atom. The second-order valence-corrected chi connectivity index (χ2v) is 11.1. The number of ether oxygens (including phenoxy) is 5. The van der Waals surface area contributed by atoms with Gasteiger partial charge in [-0.2, -0.15) is 0 Å². The topological polar surface area (TPSA) is 245 Å². The van der Waals surface area contributed by atoms with Crippen molar-refractivity contribution in [1.29, 1.82) is 0 Å². The Morgan fingerprint density at radius 1 is 0.867 bits per heavy atom. The van der Waals surface area contributed by atoms with Gasteiger partial charge < -0.3 is 51.0 Å². The fourth-order valence-electron chi connectivity index (χ4n) is 4.55. The molecule has 1 aliphatic rings. The standard InChI is InChI=1S/C28H32ClN5O10S/c29-16-4-3-14(6-15(16)7-20-34-12-19(45-20)17-2-1-5-39-17)25-27(43-23(37)10-32)28(44-24(38)11-33)26(42-22(36)9-31)18(41-25)13-40-21(35)8-30/h1-6,12,18,25-28H,7-11,13,30-33H2/t18-,25+,26-,27+,28+/m1/s1. The van der Waals surface area contributed by atoms with Gasteiger partial charge in [-0.3, -0.25) is 19.2 Å². The molecule has 1 fully saturated rings. The summed E-state index contributed by atoms with van der Waals surface area (Å²) in [5.74, 6) is -2.79. The van der Waals surface area contributed by atoms with Crippen molar-refractivity contribution in [3.8, 4) is 10.6 Å². The molecule has 0 saturated carbocycles. The van der Waals surface area contributed by atoms with Gasteiger partial charge in [-0.15, -0.1) is 11.3 Å². The molecule has 1 saturated heterocycles. The first kappa shape index (κ1) is 34.0. The van der Waals surface area contributed by atoms with Gasteiger partial charge in [0.2, 0.25) is 0 Å². The van der Waals surface area contributed by atoms with Crippen LogP contribution in [0.1, 0.15) is 22.2 Å². The van der Waals surface area contributed by atoms with Crippen molar-refractivity contribution >= 4 is 46.8 Å². The molecule has 0 spiro atoms. The van der Waals surface area contributed by atoms with Crippen molar-refractivity contribution in [3.63, 3.8) is 0 Å². The second-order valence-electron chi connectivity index (χ2n) is 9.58. The summed E-state index contributed by atoms with van der Waals surface area (Å²) in [5, 5.41) is 1.14. The molecular formula is C28H32ClN5O10S. The third-order valence-corrected chi connectivity index (χ3v) is 7.95. The Bertz CT molecular complexity index is 1490. The maximum absolute atomic E-state index is 12.5. The Labute approximate surface area is 266 Å². The molecule has 8 N–H and O–H groups in total. The molecule has 3 aromatic rings. The Balaban J connectivity index is 1.74. The fourth-order valence-corrected chi connectivity index (χ4v) is 5.64. The minimum absolute atomic E-state index is 0.317. The number of nitrogens with zero attached hydrogens (tertiary/aromatic N) is 1. The van der Waals surface area contributed by atoms with Crippen molar-refractivity contribution in [2.75, 3.05) is 32.8 Å². The summed E-state index contributed by atoms with van der Waals surface area (Å²) in [6, 6.07) is 8.54. The average molecular weight is 666 g/mol. The van der Waals surface area contributed by atoms with E-state index in [1.165, 1.54) is 11.3 Å². The number of benzene rings is 1. The first-order valence-electron chi connectivity index (χ1n) is 13.6. The molecule has 1 aliphatic heterocycles. The molecule has 0 radical (unpaired) electrons. The van der Waals surface area contributed by atoms with Crippen LogP contribution in [-0.2, 0) is 49.3 Å². The molecule has 0 amide bonds. The molecular weight excluding hydrogens is 634 g/mol. The summed E-state index contributed by atoms with van der Waals surface area (Å²) in [7, 11) is 0. The fraction of sp³-hybridized carbons (Fsp3) is 0.393. The molecule has 15 nitrogen and oxygen atoms in total. The van der Waals surface area contributed by atoms with E-state index in [0.29, 0.717) is 28.3 Å². The SMILES string of the molecule is NCC(=O)OC[C@H]1O[C@@H](c2ccc(Cl)c(Cc3ncc(-c4ccco4)s3)c2)[C@H](OC(=O)CN)[C@@H](OC(=O)CN)[C@@H]1OC(=O)CN. The third-order valence-electron chi connectivity index (χ3n) is 6.57. The van der Waals surface area contributed by atoms with Gasteiger partial charge >= 0.3 is 23.9 Å². The largest absolute Gasteiger partial charge is 0.463 e. The van der Waals surface area contributed by atoms with E-state index in [1.807, 2.05) is 6.07 Å². The van der Waals surface area contributed by atoms with E-state index in [2.05, 4.69) is 4.98 Å². The summed E-state index contributed by atoms with van der Waals surface area (Å²) in [5.41, 5.74) is 22.9. The number of halogens is 1. The minimum Gasteiger partial charge on any atom is -0.463 e. The zero-order valence-corrected chi connectivity index (χ0v) is 25.4. The van der Waals surface area contributed by atoms with E-state index < -0.39 is 87.2 Å². The number of hydrogen-bond donors (Lipinski definition) is 4. The van der Waals surface area contributed by atoms with Crippen LogP contribution in [0.3, 0.4) is 0 Å². The number of aromatic nitrogens is 1. The number of furan rings is 1. The summed E-state index contributed by atoms with van der Waals surface area (Å²) in [4.78, 5) is 54.6.